The number of rotatable bonds is 5. The molecule has 6 heteroatoms. The summed E-state index contributed by atoms with van der Waals surface area (Å²) >= 11 is 0. The number of allylic oxidation sites excluding steroid dienone is 1. The molecule has 5 saturated carbocycles. The van der Waals surface area contributed by atoms with Gasteiger partial charge in [0.2, 0.25) is 0 Å². The van der Waals surface area contributed by atoms with Crippen LogP contribution in [0.5, 0.6) is 0 Å². The highest BCUT2D eigenvalue weighted by Crippen LogP contribution is 2.98. The number of nitrogens with zero attached hydrogens (tertiary/aromatic N) is 2. The maximum absolute atomic E-state index is 15.3. The Bertz CT molecular complexity index is 1540. The molecule has 8 aliphatic rings. The summed E-state index contributed by atoms with van der Waals surface area (Å²) in [5, 5.41) is 9.73. The number of cyclic esters (lactones) is 1. The van der Waals surface area contributed by atoms with Crippen LogP contribution in [0, 0.1) is 57.2 Å². The molecule has 1 saturated heterocycles. The highest BCUT2D eigenvalue weighted by atomic mass is 16.5. The number of fused-ring (bicyclic) bond motifs is 4. The number of aliphatic hydroxyl groups is 1. The van der Waals surface area contributed by atoms with Gasteiger partial charge >= 0.3 is 5.97 Å². The fraction of sp³-hybridized carbons (Fsp3) is 0.725. The minimum Gasteiger partial charge on any atom is -0.458 e. The second kappa shape index (κ2) is 9.87. The summed E-state index contributed by atoms with van der Waals surface area (Å²) in [5.74, 6) is 3.10. The zero-order valence-electron chi connectivity index (χ0n) is 28.3. The summed E-state index contributed by atoms with van der Waals surface area (Å²) in [6.07, 6.45) is 15.9. The van der Waals surface area contributed by atoms with Crippen LogP contribution in [0.25, 0.3) is 5.57 Å². The normalized spacial score (nSPS) is 48.3. The Morgan fingerprint density at radius 2 is 1.87 bits per heavy atom. The van der Waals surface area contributed by atoms with Crippen LogP contribution in [0.2, 0.25) is 0 Å². The molecule has 0 aromatic carbocycles. The first-order valence-corrected chi connectivity index (χ1v) is 18.6. The number of carbonyl (C=O) groups excluding carboxylic acids is 2. The van der Waals surface area contributed by atoms with E-state index in [1.807, 2.05) is 25.3 Å². The van der Waals surface area contributed by atoms with E-state index in [0.29, 0.717) is 52.4 Å². The van der Waals surface area contributed by atoms with Gasteiger partial charge in [0.15, 0.2) is 5.78 Å². The second-order valence-corrected chi connectivity index (χ2v) is 17.4. The molecule has 0 bridgehead atoms. The lowest BCUT2D eigenvalue weighted by Crippen LogP contribution is -2.62. The molecule has 9 rings (SSSR count). The lowest BCUT2D eigenvalue weighted by Gasteiger charge is -2.59. The Hall–Kier alpha value is -2.31. The summed E-state index contributed by atoms with van der Waals surface area (Å²) in [6, 6.07) is 6.40. The van der Waals surface area contributed by atoms with Crippen molar-refractivity contribution in [2.45, 2.75) is 104 Å². The lowest BCUT2D eigenvalue weighted by molar-refractivity contribution is -0.154. The van der Waals surface area contributed by atoms with Crippen LogP contribution >= 0.6 is 0 Å². The van der Waals surface area contributed by atoms with Gasteiger partial charge in [-0.1, -0.05) is 38.5 Å². The Morgan fingerprint density at radius 3 is 2.57 bits per heavy atom. The van der Waals surface area contributed by atoms with E-state index in [4.69, 9.17) is 9.72 Å². The van der Waals surface area contributed by atoms with E-state index in [2.05, 4.69) is 37.8 Å². The first kappa shape index (κ1) is 29.8. The molecule has 1 aromatic heterocycles. The molecule has 0 radical (unpaired) electrons. The van der Waals surface area contributed by atoms with E-state index in [1.165, 1.54) is 44.9 Å². The number of aromatic nitrogens is 1. The first-order valence-electron chi connectivity index (χ1n) is 18.6. The molecular formula is C40H52N2O4. The van der Waals surface area contributed by atoms with E-state index >= 15 is 4.79 Å². The van der Waals surface area contributed by atoms with Crippen molar-refractivity contribution < 1.29 is 19.4 Å². The van der Waals surface area contributed by atoms with Crippen LogP contribution in [0.1, 0.15) is 97.6 Å². The molecule has 246 valence electrons. The lowest BCUT2D eigenvalue weighted by atomic mass is 9.45. The highest BCUT2D eigenvalue weighted by Gasteiger charge is 2.97. The Balaban J connectivity index is 1.08. The predicted molar refractivity (Wildman–Crippen MR) is 176 cm³/mol. The molecule has 6 fully saturated rings. The molecule has 2 aliphatic heterocycles. The SMILES string of the molecule is CC1=C(CO)C(=O)O[C@@H]([C@@H](C)[C@H]2CC[C@H]3[C@H]4CC[C@]56CC5[C@]65[C@H](N6CCCC6)C=C(c6ccccn6)C(=O)[C@]5(C)[C@H]4CC[C@]23C)C1. The van der Waals surface area contributed by atoms with Crippen LogP contribution < -0.4 is 0 Å². The first-order chi connectivity index (χ1) is 22.1. The number of carbonyl (C=O) groups is 2. The third-order valence-corrected chi connectivity index (χ3v) is 16.3. The molecule has 1 aromatic rings. The minimum atomic E-state index is -0.363. The molecule has 0 amide bonds. The summed E-state index contributed by atoms with van der Waals surface area (Å²) in [6.45, 7) is 11.4. The largest absolute Gasteiger partial charge is 0.458 e. The molecule has 1 unspecified atom stereocenters. The van der Waals surface area contributed by atoms with Crippen molar-refractivity contribution in [2.24, 2.45) is 57.2 Å². The van der Waals surface area contributed by atoms with Crippen molar-refractivity contribution in [3.05, 3.63) is 47.3 Å². The van der Waals surface area contributed by atoms with Crippen molar-refractivity contribution in [1.82, 2.24) is 9.88 Å². The summed E-state index contributed by atoms with van der Waals surface area (Å²) < 4.78 is 6.02. The molecule has 6 nitrogen and oxygen atoms in total. The standard InChI is InChI=1S/C40H52N2O4/c1-23-19-32(46-36(45)27(23)22-43)24(2)28-10-11-29-25-12-15-39-21-33(39)40(39)34(42-17-7-8-18-42)20-26(31-9-5-6-16-41-31)35(44)38(40,4)30(25)13-14-37(28,29)3/h5-6,9,16,20,24-25,28-30,32-34,43H,7-8,10-15,17-19,21-22H2,1-4H3/t24-,25+,28+,29-,30-,32+,33?,34+,37+,38-,39-,40+/m0/s1. The van der Waals surface area contributed by atoms with Crippen LogP contribution in [0.4, 0.5) is 0 Å². The zero-order valence-corrected chi connectivity index (χ0v) is 28.3. The number of hydrogen-bond acceptors (Lipinski definition) is 6. The molecule has 2 spiro atoms. The van der Waals surface area contributed by atoms with Crippen molar-refractivity contribution in [1.29, 1.82) is 0 Å². The maximum atomic E-state index is 15.3. The number of Topliss-reactive ketones (excluding diaryl/α,β-unsaturated/α-hetero) is 1. The van der Waals surface area contributed by atoms with Gasteiger partial charge < -0.3 is 9.84 Å². The van der Waals surface area contributed by atoms with Crippen molar-refractivity contribution in [3.8, 4) is 0 Å². The van der Waals surface area contributed by atoms with E-state index in [-0.39, 0.29) is 40.8 Å². The van der Waals surface area contributed by atoms with Gasteiger partial charge in [-0.2, -0.15) is 0 Å². The molecule has 1 N–H and O–H groups in total. The van der Waals surface area contributed by atoms with E-state index in [1.54, 1.807) is 0 Å². The topological polar surface area (TPSA) is 79.7 Å². The number of ether oxygens (including phenoxy) is 1. The van der Waals surface area contributed by atoms with Crippen molar-refractivity contribution >= 4 is 17.3 Å². The fourth-order valence-corrected chi connectivity index (χ4v) is 14.2. The van der Waals surface area contributed by atoms with E-state index < -0.39 is 0 Å². The zero-order chi connectivity index (χ0) is 31.8. The monoisotopic (exact) mass is 624 g/mol. The summed E-state index contributed by atoms with van der Waals surface area (Å²) in [7, 11) is 0. The van der Waals surface area contributed by atoms with Crippen LogP contribution in [-0.4, -0.2) is 58.6 Å². The van der Waals surface area contributed by atoms with E-state index in [9.17, 15) is 9.90 Å². The quantitative estimate of drug-likeness (QED) is 0.370. The van der Waals surface area contributed by atoms with Gasteiger partial charge in [0.1, 0.15) is 6.10 Å². The number of hydrogen-bond donors (Lipinski definition) is 1. The van der Waals surface area contributed by atoms with E-state index in [0.717, 1.165) is 49.2 Å². The fourth-order valence-electron chi connectivity index (χ4n) is 14.2. The molecule has 46 heavy (non-hydrogen) atoms. The number of likely N-dealkylation sites (tertiary alicyclic amines) is 1. The van der Waals surface area contributed by atoms with Gasteiger partial charge in [0, 0.05) is 35.1 Å². The predicted octanol–water partition coefficient (Wildman–Crippen LogP) is 6.64. The number of pyridine rings is 1. The molecule has 12 atom stereocenters. The van der Waals surface area contributed by atoms with Crippen molar-refractivity contribution in [2.75, 3.05) is 19.7 Å². The van der Waals surface area contributed by atoms with Gasteiger partial charge in [0.05, 0.1) is 17.9 Å². The number of aliphatic hydroxyl groups excluding tert-OH is 1. The van der Waals surface area contributed by atoms with Crippen LogP contribution in [0.3, 0.4) is 0 Å². The smallest absolute Gasteiger partial charge is 0.336 e. The molecule has 6 aliphatic carbocycles. The van der Waals surface area contributed by atoms with Gasteiger partial charge in [-0.15, -0.1) is 0 Å². The Kier molecular flexibility index (Phi) is 6.40. The van der Waals surface area contributed by atoms with Crippen LogP contribution in [0.15, 0.2) is 41.6 Å². The molecular weight excluding hydrogens is 572 g/mol. The van der Waals surface area contributed by atoms with Gasteiger partial charge in [0.25, 0.3) is 0 Å². The third-order valence-electron chi connectivity index (χ3n) is 16.3. The number of ketones is 1. The Labute approximate surface area is 274 Å². The van der Waals surface area contributed by atoms with Gasteiger partial charge in [-0.3, -0.25) is 14.7 Å². The Morgan fingerprint density at radius 1 is 1.07 bits per heavy atom. The summed E-state index contributed by atoms with van der Waals surface area (Å²) in [4.78, 5) is 35.6. The second-order valence-electron chi connectivity index (χ2n) is 17.4. The van der Waals surface area contributed by atoms with Crippen molar-refractivity contribution in [3.63, 3.8) is 0 Å². The van der Waals surface area contributed by atoms with Crippen LogP contribution in [-0.2, 0) is 14.3 Å². The minimum absolute atomic E-state index is 0.0860. The van der Waals surface area contributed by atoms with Gasteiger partial charge in [-0.05, 0) is 136 Å². The number of esters is 1. The maximum Gasteiger partial charge on any atom is 0.336 e. The molecule has 3 heterocycles. The summed E-state index contributed by atoms with van der Waals surface area (Å²) in [5.41, 5.74) is 3.44. The van der Waals surface area contributed by atoms with Gasteiger partial charge in [-0.25, -0.2) is 4.79 Å². The highest BCUT2D eigenvalue weighted by molar-refractivity contribution is 6.24. The third kappa shape index (κ3) is 3.49. The average Bonchev–Trinajstić information content (AvgIpc) is 3.70. The average molecular weight is 625 g/mol.